The monoisotopic (exact) mass is 272 g/mol. The highest BCUT2D eigenvalue weighted by Crippen LogP contribution is 2.34. The van der Waals surface area contributed by atoms with E-state index in [1.54, 1.807) is 7.11 Å². The quantitative estimate of drug-likeness (QED) is 0.830. The van der Waals surface area contributed by atoms with Gasteiger partial charge in [0.2, 0.25) is 0 Å². The number of nitrogens with zero attached hydrogens (tertiary/aromatic N) is 2. The number of thiazole rings is 1. The van der Waals surface area contributed by atoms with Crippen molar-refractivity contribution in [3.8, 4) is 22.4 Å². The molecule has 98 valence electrons. The first-order valence-corrected chi connectivity index (χ1v) is 6.83. The summed E-state index contributed by atoms with van der Waals surface area (Å²) >= 11 is 1.44. The zero-order valence-corrected chi connectivity index (χ0v) is 12.3. The number of benzene rings is 1. The summed E-state index contributed by atoms with van der Waals surface area (Å²) in [6, 6.07) is 9.98. The Bertz CT molecular complexity index is 615. The van der Waals surface area contributed by atoms with E-state index in [2.05, 4.69) is 31.8 Å². The van der Waals surface area contributed by atoms with Crippen molar-refractivity contribution in [2.45, 2.75) is 26.2 Å². The van der Waals surface area contributed by atoms with Gasteiger partial charge in [-0.1, -0.05) is 20.8 Å². The molecular weight excluding hydrogens is 256 g/mol. The average molecular weight is 272 g/mol. The minimum Gasteiger partial charge on any atom is -0.497 e. The van der Waals surface area contributed by atoms with Crippen molar-refractivity contribution in [3.63, 3.8) is 0 Å². The summed E-state index contributed by atoms with van der Waals surface area (Å²) in [7, 11) is 1.64. The predicted octanol–water partition coefficient (Wildman–Crippen LogP) is 3.99. The fourth-order valence-corrected chi connectivity index (χ4v) is 2.84. The van der Waals surface area contributed by atoms with Gasteiger partial charge in [0.1, 0.15) is 21.7 Å². The number of aromatic nitrogens is 1. The molecule has 0 bridgehead atoms. The molecule has 0 aliphatic heterocycles. The summed E-state index contributed by atoms with van der Waals surface area (Å²) in [6.07, 6.45) is 0. The molecule has 0 N–H and O–H groups in total. The maximum atomic E-state index is 9.22. The van der Waals surface area contributed by atoms with Gasteiger partial charge in [-0.25, -0.2) is 4.98 Å². The van der Waals surface area contributed by atoms with Gasteiger partial charge in [0.15, 0.2) is 0 Å². The Morgan fingerprint density at radius 3 is 2.26 bits per heavy atom. The van der Waals surface area contributed by atoms with Gasteiger partial charge in [-0.05, 0) is 24.3 Å². The predicted molar refractivity (Wildman–Crippen MR) is 77.5 cm³/mol. The molecule has 0 saturated carbocycles. The van der Waals surface area contributed by atoms with Gasteiger partial charge in [-0.15, -0.1) is 11.3 Å². The summed E-state index contributed by atoms with van der Waals surface area (Å²) < 4.78 is 5.14. The first-order valence-electron chi connectivity index (χ1n) is 6.01. The second-order valence-electron chi connectivity index (χ2n) is 5.29. The molecule has 0 atom stereocenters. The SMILES string of the molecule is COc1ccc(-c2nc(C(C)(C)C)c(C#N)s2)cc1. The third kappa shape index (κ3) is 2.77. The van der Waals surface area contributed by atoms with Crippen LogP contribution in [0, 0.1) is 11.3 Å². The first kappa shape index (κ1) is 13.6. The normalized spacial score (nSPS) is 11.1. The molecule has 2 aromatic rings. The number of ether oxygens (including phenoxy) is 1. The molecule has 0 amide bonds. The van der Waals surface area contributed by atoms with E-state index in [0.29, 0.717) is 4.88 Å². The summed E-state index contributed by atoms with van der Waals surface area (Å²) in [6.45, 7) is 6.21. The first-order chi connectivity index (χ1) is 8.95. The van der Waals surface area contributed by atoms with Crippen LogP contribution in [0.2, 0.25) is 0 Å². The minimum absolute atomic E-state index is 0.119. The summed E-state index contributed by atoms with van der Waals surface area (Å²) in [5, 5.41) is 10.1. The highest BCUT2D eigenvalue weighted by Gasteiger charge is 2.23. The standard InChI is InChI=1S/C15H16N2OS/c1-15(2,3)13-12(9-16)19-14(17-13)10-5-7-11(18-4)8-6-10/h5-8H,1-4H3. The second-order valence-corrected chi connectivity index (χ2v) is 6.29. The minimum atomic E-state index is -0.119. The molecule has 0 aliphatic carbocycles. The maximum Gasteiger partial charge on any atom is 0.128 e. The Kier molecular flexibility index (Phi) is 3.59. The van der Waals surface area contributed by atoms with Crippen molar-refractivity contribution < 1.29 is 4.74 Å². The molecule has 1 aromatic carbocycles. The second kappa shape index (κ2) is 5.02. The van der Waals surface area contributed by atoms with Crippen LogP contribution >= 0.6 is 11.3 Å². The number of nitriles is 1. The van der Waals surface area contributed by atoms with E-state index in [1.165, 1.54) is 11.3 Å². The zero-order chi connectivity index (χ0) is 14.0. The van der Waals surface area contributed by atoms with Crippen LogP contribution in [0.15, 0.2) is 24.3 Å². The van der Waals surface area contributed by atoms with Crippen molar-refractivity contribution in [1.29, 1.82) is 5.26 Å². The Labute approximate surface area is 117 Å². The fraction of sp³-hybridized carbons (Fsp3) is 0.333. The van der Waals surface area contributed by atoms with Gasteiger partial charge in [-0.3, -0.25) is 0 Å². The third-order valence-electron chi connectivity index (χ3n) is 2.78. The molecule has 0 saturated heterocycles. The largest absolute Gasteiger partial charge is 0.497 e. The lowest BCUT2D eigenvalue weighted by Crippen LogP contribution is -2.13. The van der Waals surface area contributed by atoms with Crippen LogP contribution in [0.25, 0.3) is 10.6 Å². The summed E-state index contributed by atoms with van der Waals surface area (Å²) in [5.74, 6) is 0.817. The van der Waals surface area contributed by atoms with Crippen LogP contribution in [0.3, 0.4) is 0 Å². The van der Waals surface area contributed by atoms with Crippen LogP contribution in [-0.4, -0.2) is 12.1 Å². The molecule has 3 nitrogen and oxygen atoms in total. The summed E-state index contributed by atoms with van der Waals surface area (Å²) in [5.41, 5.74) is 1.76. The highest BCUT2D eigenvalue weighted by atomic mass is 32.1. The van der Waals surface area contributed by atoms with Gasteiger partial charge in [-0.2, -0.15) is 5.26 Å². The zero-order valence-electron chi connectivity index (χ0n) is 11.5. The third-order valence-corrected chi connectivity index (χ3v) is 3.79. The van der Waals surface area contributed by atoms with Gasteiger partial charge >= 0.3 is 0 Å². The smallest absolute Gasteiger partial charge is 0.128 e. The Balaban J connectivity index is 2.46. The number of rotatable bonds is 2. The van der Waals surface area contributed by atoms with Crippen LogP contribution < -0.4 is 4.74 Å². The van der Waals surface area contributed by atoms with Crippen LogP contribution in [0.4, 0.5) is 0 Å². The van der Waals surface area contributed by atoms with Gasteiger partial charge < -0.3 is 4.74 Å². The van der Waals surface area contributed by atoms with E-state index >= 15 is 0 Å². The van der Waals surface area contributed by atoms with Crippen molar-refractivity contribution in [2.75, 3.05) is 7.11 Å². The topological polar surface area (TPSA) is 45.9 Å². The van der Waals surface area contributed by atoms with E-state index in [1.807, 2.05) is 24.3 Å². The molecule has 0 fully saturated rings. The van der Waals surface area contributed by atoms with Crippen LogP contribution in [0.1, 0.15) is 31.3 Å². The fourth-order valence-electron chi connectivity index (χ4n) is 1.76. The summed E-state index contributed by atoms with van der Waals surface area (Å²) in [4.78, 5) is 5.33. The van der Waals surface area contributed by atoms with E-state index in [-0.39, 0.29) is 5.41 Å². The molecule has 0 unspecified atom stereocenters. The van der Waals surface area contributed by atoms with Crippen LogP contribution in [-0.2, 0) is 5.41 Å². The molecule has 0 spiro atoms. The van der Waals surface area contributed by atoms with Gasteiger partial charge in [0.25, 0.3) is 0 Å². The number of hydrogen-bond acceptors (Lipinski definition) is 4. The Hall–Kier alpha value is -1.86. The van der Waals surface area contributed by atoms with Crippen LogP contribution in [0.5, 0.6) is 5.75 Å². The van der Waals surface area contributed by atoms with E-state index in [4.69, 9.17) is 4.74 Å². The molecule has 4 heteroatoms. The maximum absolute atomic E-state index is 9.22. The van der Waals surface area contributed by atoms with E-state index < -0.39 is 0 Å². The van der Waals surface area contributed by atoms with Crippen molar-refractivity contribution in [3.05, 3.63) is 34.8 Å². The number of hydrogen-bond donors (Lipinski definition) is 0. The molecule has 0 aliphatic rings. The van der Waals surface area contributed by atoms with Crippen molar-refractivity contribution in [2.24, 2.45) is 0 Å². The van der Waals surface area contributed by atoms with Gasteiger partial charge in [0, 0.05) is 11.0 Å². The molecular formula is C15H16N2OS. The highest BCUT2D eigenvalue weighted by molar-refractivity contribution is 7.15. The molecule has 19 heavy (non-hydrogen) atoms. The molecule has 1 heterocycles. The van der Waals surface area contributed by atoms with Crippen molar-refractivity contribution in [1.82, 2.24) is 4.98 Å². The Morgan fingerprint density at radius 2 is 1.84 bits per heavy atom. The van der Waals surface area contributed by atoms with E-state index in [0.717, 1.165) is 22.0 Å². The molecule has 1 aromatic heterocycles. The Morgan fingerprint density at radius 1 is 1.21 bits per heavy atom. The average Bonchev–Trinajstić information content (AvgIpc) is 2.83. The van der Waals surface area contributed by atoms with Crippen molar-refractivity contribution >= 4 is 11.3 Å². The molecule has 2 rings (SSSR count). The lowest BCUT2D eigenvalue weighted by atomic mass is 9.91. The lowest BCUT2D eigenvalue weighted by Gasteiger charge is -2.15. The van der Waals surface area contributed by atoms with Gasteiger partial charge in [0.05, 0.1) is 12.8 Å². The van der Waals surface area contributed by atoms with E-state index in [9.17, 15) is 5.26 Å². The number of methoxy groups -OCH3 is 1. The molecule has 0 radical (unpaired) electrons. The lowest BCUT2D eigenvalue weighted by molar-refractivity contribution is 0.415.